The van der Waals surface area contributed by atoms with Crippen molar-refractivity contribution in [3.05, 3.63) is 42.3 Å². The van der Waals surface area contributed by atoms with Crippen molar-refractivity contribution in [3.8, 4) is 5.88 Å². The van der Waals surface area contributed by atoms with Crippen LogP contribution in [0.4, 0.5) is 0 Å². The van der Waals surface area contributed by atoms with Crippen molar-refractivity contribution in [2.24, 2.45) is 0 Å². The number of hydrogen-bond acceptors (Lipinski definition) is 6. The van der Waals surface area contributed by atoms with E-state index in [0.29, 0.717) is 24.7 Å². The number of furan rings is 1. The molecule has 4 rings (SSSR count). The van der Waals surface area contributed by atoms with E-state index >= 15 is 0 Å². The van der Waals surface area contributed by atoms with Gasteiger partial charge in [-0.2, -0.15) is 4.37 Å². The molecule has 112 valence electrons. The maximum Gasteiger partial charge on any atom is 0.289 e. The third-order valence-electron chi connectivity index (χ3n) is 3.70. The van der Waals surface area contributed by atoms with Gasteiger partial charge in [-0.15, -0.1) is 4.37 Å². The maximum absolute atomic E-state index is 12.5. The molecule has 3 heterocycles. The molecule has 1 aromatic carbocycles. The largest absolute Gasteiger partial charge is 0.471 e. The van der Waals surface area contributed by atoms with Gasteiger partial charge in [-0.25, -0.2) is 0 Å². The lowest BCUT2D eigenvalue weighted by Gasteiger charge is -2.14. The van der Waals surface area contributed by atoms with Crippen LogP contribution in [0.2, 0.25) is 0 Å². The van der Waals surface area contributed by atoms with Gasteiger partial charge in [-0.1, -0.05) is 18.2 Å². The predicted molar refractivity (Wildman–Crippen MR) is 81.1 cm³/mol. The smallest absolute Gasteiger partial charge is 0.289 e. The number of nitrogens with zero attached hydrogens (tertiary/aromatic N) is 3. The Labute approximate surface area is 130 Å². The van der Waals surface area contributed by atoms with E-state index < -0.39 is 0 Å². The van der Waals surface area contributed by atoms with Crippen molar-refractivity contribution >= 4 is 28.6 Å². The number of likely N-dealkylation sites (tertiary alicyclic amines) is 1. The summed E-state index contributed by atoms with van der Waals surface area (Å²) in [6, 6.07) is 9.39. The molecule has 1 fully saturated rings. The van der Waals surface area contributed by atoms with Crippen LogP contribution in [0, 0.1) is 0 Å². The zero-order valence-corrected chi connectivity index (χ0v) is 12.5. The molecule has 0 spiro atoms. The predicted octanol–water partition coefficient (Wildman–Crippen LogP) is 2.58. The lowest BCUT2D eigenvalue weighted by atomic mass is 10.2. The molecule has 2 aromatic heterocycles. The van der Waals surface area contributed by atoms with Gasteiger partial charge in [0.1, 0.15) is 17.9 Å². The molecule has 3 aromatic rings. The van der Waals surface area contributed by atoms with Gasteiger partial charge in [0.2, 0.25) is 5.88 Å². The van der Waals surface area contributed by atoms with Gasteiger partial charge in [0.05, 0.1) is 18.3 Å². The molecule has 0 aliphatic carbocycles. The van der Waals surface area contributed by atoms with Gasteiger partial charge in [0, 0.05) is 18.4 Å². The van der Waals surface area contributed by atoms with Crippen molar-refractivity contribution in [3.63, 3.8) is 0 Å². The Morgan fingerprint density at radius 1 is 1.41 bits per heavy atom. The average molecular weight is 315 g/mol. The molecule has 1 aliphatic heterocycles. The monoisotopic (exact) mass is 315 g/mol. The number of aromatic nitrogens is 2. The van der Waals surface area contributed by atoms with E-state index in [-0.39, 0.29) is 12.0 Å². The summed E-state index contributed by atoms with van der Waals surface area (Å²) in [6.45, 7) is 1.19. The van der Waals surface area contributed by atoms with Crippen molar-refractivity contribution in [1.82, 2.24) is 13.6 Å². The van der Waals surface area contributed by atoms with E-state index in [1.54, 1.807) is 17.2 Å². The van der Waals surface area contributed by atoms with E-state index in [9.17, 15) is 4.79 Å². The third kappa shape index (κ3) is 2.43. The molecule has 1 aliphatic rings. The average Bonchev–Trinajstić information content (AvgIpc) is 3.27. The quantitative estimate of drug-likeness (QED) is 0.743. The summed E-state index contributed by atoms with van der Waals surface area (Å²) < 4.78 is 19.3. The van der Waals surface area contributed by atoms with Crippen LogP contribution >= 0.6 is 11.7 Å². The first kappa shape index (κ1) is 13.3. The molecule has 1 atom stereocenters. The summed E-state index contributed by atoms with van der Waals surface area (Å²) in [5, 5.41) is 0.936. The molecule has 0 bridgehead atoms. The molecule has 22 heavy (non-hydrogen) atoms. The number of hydrogen-bond donors (Lipinski definition) is 0. The van der Waals surface area contributed by atoms with Gasteiger partial charge in [0.15, 0.2) is 5.76 Å². The molecule has 7 heteroatoms. The van der Waals surface area contributed by atoms with E-state index in [4.69, 9.17) is 9.15 Å². The zero-order valence-electron chi connectivity index (χ0n) is 11.6. The Hall–Kier alpha value is -2.41. The Morgan fingerprint density at radius 2 is 2.32 bits per heavy atom. The Bertz CT molecular complexity index is 766. The van der Waals surface area contributed by atoms with Crippen LogP contribution in [-0.4, -0.2) is 38.7 Å². The number of fused-ring (bicyclic) bond motifs is 1. The molecule has 0 radical (unpaired) electrons. The van der Waals surface area contributed by atoms with Crippen LogP contribution in [0.1, 0.15) is 17.0 Å². The summed E-state index contributed by atoms with van der Waals surface area (Å²) in [4.78, 5) is 14.3. The minimum atomic E-state index is -0.0984. The SMILES string of the molecule is O=C(c1cc2ccccc2o1)N1CCC(Oc2cnsn2)C1. The molecular weight excluding hydrogens is 302 g/mol. The van der Waals surface area contributed by atoms with Gasteiger partial charge >= 0.3 is 0 Å². The Kier molecular flexibility index (Phi) is 3.27. The van der Waals surface area contributed by atoms with Crippen molar-refractivity contribution in [1.29, 1.82) is 0 Å². The zero-order chi connectivity index (χ0) is 14.9. The molecule has 1 amide bonds. The number of para-hydroxylation sites is 1. The number of carbonyl (C=O) groups is 1. The topological polar surface area (TPSA) is 68.5 Å². The van der Waals surface area contributed by atoms with Crippen LogP contribution in [0.3, 0.4) is 0 Å². The van der Waals surface area contributed by atoms with Crippen molar-refractivity contribution in [2.45, 2.75) is 12.5 Å². The first-order valence-electron chi connectivity index (χ1n) is 7.02. The lowest BCUT2D eigenvalue weighted by molar-refractivity contribution is 0.0742. The number of rotatable bonds is 3. The fourth-order valence-corrected chi connectivity index (χ4v) is 2.99. The van der Waals surface area contributed by atoms with Crippen LogP contribution in [0.15, 0.2) is 40.9 Å². The van der Waals surface area contributed by atoms with Crippen LogP contribution in [0.5, 0.6) is 5.88 Å². The van der Waals surface area contributed by atoms with E-state index in [2.05, 4.69) is 8.75 Å². The molecular formula is C15H13N3O3S. The molecule has 0 N–H and O–H groups in total. The van der Waals surface area contributed by atoms with Gasteiger partial charge < -0.3 is 14.1 Å². The van der Waals surface area contributed by atoms with Crippen LogP contribution < -0.4 is 4.74 Å². The Balaban J connectivity index is 1.47. The third-order valence-corrected chi connectivity index (χ3v) is 4.16. The highest BCUT2D eigenvalue weighted by molar-refractivity contribution is 6.99. The first-order valence-corrected chi connectivity index (χ1v) is 7.75. The fourth-order valence-electron chi connectivity index (χ4n) is 2.63. The molecule has 1 saturated heterocycles. The molecule has 1 unspecified atom stereocenters. The second-order valence-electron chi connectivity index (χ2n) is 5.17. The number of benzene rings is 1. The molecule has 6 nitrogen and oxygen atoms in total. The van der Waals surface area contributed by atoms with E-state index in [1.165, 1.54) is 0 Å². The highest BCUT2D eigenvalue weighted by atomic mass is 32.1. The normalized spacial score (nSPS) is 18.0. The summed E-state index contributed by atoms with van der Waals surface area (Å²) in [5.74, 6) is 0.795. The summed E-state index contributed by atoms with van der Waals surface area (Å²) >= 11 is 1.11. The summed E-state index contributed by atoms with van der Waals surface area (Å²) in [6.07, 6.45) is 2.33. The highest BCUT2D eigenvalue weighted by Gasteiger charge is 2.30. The number of carbonyl (C=O) groups excluding carboxylic acids is 1. The van der Waals surface area contributed by atoms with Gasteiger partial charge in [0.25, 0.3) is 5.91 Å². The maximum atomic E-state index is 12.5. The lowest BCUT2D eigenvalue weighted by Crippen LogP contribution is -2.30. The summed E-state index contributed by atoms with van der Waals surface area (Å²) in [5.41, 5.74) is 0.728. The second-order valence-corrected chi connectivity index (χ2v) is 5.73. The first-order chi connectivity index (χ1) is 10.8. The standard InChI is InChI=1S/C15H13N3O3S/c19-15(13-7-10-3-1-2-4-12(10)21-13)18-6-5-11(9-18)20-14-8-16-22-17-14/h1-4,7-8,11H,5-6,9H2. The highest BCUT2D eigenvalue weighted by Crippen LogP contribution is 2.23. The summed E-state index contributed by atoms with van der Waals surface area (Å²) in [7, 11) is 0. The number of amides is 1. The van der Waals surface area contributed by atoms with Crippen LogP contribution in [-0.2, 0) is 0 Å². The van der Waals surface area contributed by atoms with E-state index in [1.807, 2.05) is 24.3 Å². The number of ether oxygens (including phenoxy) is 1. The molecule has 0 saturated carbocycles. The minimum Gasteiger partial charge on any atom is -0.471 e. The second kappa shape index (κ2) is 5.42. The minimum absolute atomic E-state index is 0.0442. The fraction of sp³-hybridized carbons (Fsp3) is 0.267. The van der Waals surface area contributed by atoms with Crippen molar-refractivity contribution < 1.29 is 13.9 Å². The van der Waals surface area contributed by atoms with Gasteiger partial charge in [-0.3, -0.25) is 4.79 Å². The Morgan fingerprint density at radius 3 is 3.14 bits per heavy atom. The van der Waals surface area contributed by atoms with E-state index in [0.717, 1.165) is 29.1 Å². The van der Waals surface area contributed by atoms with Crippen LogP contribution in [0.25, 0.3) is 11.0 Å². The van der Waals surface area contributed by atoms with Crippen molar-refractivity contribution in [2.75, 3.05) is 13.1 Å². The van der Waals surface area contributed by atoms with Gasteiger partial charge in [-0.05, 0) is 12.1 Å².